The molecule has 2 amide bonds. The van der Waals surface area contributed by atoms with Crippen molar-refractivity contribution < 1.29 is 9.59 Å². The lowest BCUT2D eigenvalue weighted by Gasteiger charge is -2.20. The SMILES string of the molecule is CC(C)C(=O)NCN(C)C(=O)C(C)C. The monoisotopic (exact) mass is 200 g/mol. The van der Waals surface area contributed by atoms with Crippen LogP contribution in [-0.2, 0) is 9.59 Å². The van der Waals surface area contributed by atoms with Gasteiger partial charge in [-0.05, 0) is 0 Å². The molecule has 0 aliphatic heterocycles. The fourth-order valence-electron chi connectivity index (χ4n) is 0.919. The molecule has 0 heterocycles. The van der Waals surface area contributed by atoms with Crippen molar-refractivity contribution in [3.05, 3.63) is 0 Å². The van der Waals surface area contributed by atoms with Crippen LogP contribution in [0, 0.1) is 11.8 Å². The van der Waals surface area contributed by atoms with Crippen molar-refractivity contribution in [2.75, 3.05) is 13.7 Å². The van der Waals surface area contributed by atoms with Gasteiger partial charge in [0.05, 0.1) is 6.67 Å². The maximum absolute atomic E-state index is 11.4. The third-order valence-electron chi connectivity index (χ3n) is 1.88. The van der Waals surface area contributed by atoms with Crippen LogP contribution in [0.25, 0.3) is 0 Å². The van der Waals surface area contributed by atoms with Crippen LogP contribution in [0.3, 0.4) is 0 Å². The molecule has 0 saturated carbocycles. The van der Waals surface area contributed by atoms with E-state index in [-0.39, 0.29) is 30.3 Å². The standard InChI is InChI=1S/C10H20N2O2/c1-7(2)9(13)11-6-12(5)10(14)8(3)4/h7-8H,6H2,1-5H3,(H,11,13). The summed E-state index contributed by atoms with van der Waals surface area (Å²) in [7, 11) is 1.68. The summed E-state index contributed by atoms with van der Waals surface area (Å²) in [6.45, 7) is 7.60. The molecule has 0 aromatic carbocycles. The Morgan fingerprint density at radius 2 is 1.64 bits per heavy atom. The Labute approximate surface area is 85.7 Å². The minimum atomic E-state index is -0.0439. The van der Waals surface area contributed by atoms with Gasteiger partial charge >= 0.3 is 0 Å². The largest absolute Gasteiger partial charge is 0.338 e. The van der Waals surface area contributed by atoms with Crippen molar-refractivity contribution in [2.45, 2.75) is 27.7 Å². The molecular weight excluding hydrogens is 180 g/mol. The van der Waals surface area contributed by atoms with Crippen molar-refractivity contribution in [2.24, 2.45) is 11.8 Å². The van der Waals surface area contributed by atoms with Crippen molar-refractivity contribution in [3.63, 3.8) is 0 Å². The topological polar surface area (TPSA) is 49.4 Å². The summed E-state index contributed by atoms with van der Waals surface area (Å²) in [6, 6.07) is 0. The Balaban J connectivity index is 3.91. The van der Waals surface area contributed by atoms with E-state index in [1.165, 1.54) is 4.90 Å². The molecule has 0 saturated heterocycles. The highest BCUT2D eigenvalue weighted by atomic mass is 16.2. The van der Waals surface area contributed by atoms with Gasteiger partial charge in [-0.1, -0.05) is 27.7 Å². The number of carbonyl (C=O) groups excluding carboxylic acids is 2. The lowest BCUT2D eigenvalue weighted by Crippen LogP contribution is -2.41. The first-order chi connectivity index (χ1) is 6.36. The molecule has 0 spiro atoms. The van der Waals surface area contributed by atoms with Gasteiger partial charge in [0.2, 0.25) is 11.8 Å². The summed E-state index contributed by atoms with van der Waals surface area (Å²) in [6.07, 6.45) is 0. The highest BCUT2D eigenvalue weighted by Gasteiger charge is 2.14. The highest BCUT2D eigenvalue weighted by molar-refractivity contribution is 5.80. The van der Waals surface area contributed by atoms with Gasteiger partial charge in [0.25, 0.3) is 0 Å². The van der Waals surface area contributed by atoms with Gasteiger partial charge in [0, 0.05) is 18.9 Å². The van der Waals surface area contributed by atoms with Crippen LogP contribution in [-0.4, -0.2) is 30.4 Å². The van der Waals surface area contributed by atoms with Crippen molar-refractivity contribution in [3.8, 4) is 0 Å². The Hall–Kier alpha value is -1.06. The van der Waals surface area contributed by atoms with Crippen LogP contribution in [0.5, 0.6) is 0 Å². The third kappa shape index (κ3) is 4.25. The maximum atomic E-state index is 11.4. The van der Waals surface area contributed by atoms with Gasteiger partial charge in [-0.15, -0.1) is 0 Å². The van der Waals surface area contributed by atoms with Crippen LogP contribution in [0.15, 0.2) is 0 Å². The van der Waals surface area contributed by atoms with E-state index >= 15 is 0 Å². The zero-order chi connectivity index (χ0) is 11.3. The number of nitrogens with zero attached hydrogens (tertiary/aromatic N) is 1. The van der Waals surface area contributed by atoms with Crippen molar-refractivity contribution in [1.29, 1.82) is 0 Å². The first-order valence-electron chi connectivity index (χ1n) is 4.89. The number of nitrogens with one attached hydrogen (secondary N) is 1. The van der Waals surface area contributed by atoms with Gasteiger partial charge < -0.3 is 10.2 Å². The first-order valence-corrected chi connectivity index (χ1v) is 4.89. The van der Waals surface area contributed by atoms with Gasteiger partial charge in [-0.2, -0.15) is 0 Å². The van der Waals surface area contributed by atoms with E-state index in [1.807, 2.05) is 27.7 Å². The summed E-state index contributed by atoms with van der Waals surface area (Å²) in [5, 5.41) is 2.68. The quantitative estimate of drug-likeness (QED) is 0.683. The van der Waals surface area contributed by atoms with Crippen LogP contribution in [0.1, 0.15) is 27.7 Å². The fraction of sp³-hybridized carbons (Fsp3) is 0.800. The second-order valence-corrected chi connectivity index (χ2v) is 4.04. The van der Waals surface area contributed by atoms with Crippen LogP contribution in [0.2, 0.25) is 0 Å². The zero-order valence-corrected chi connectivity index (χ0v) is 9.63. The van der Waals surface area contributed by atoms with Crippen LogP contribution < -0.4 is 5.32 Å². The molecule has 0 aromatic heterocycles. The lowest BCUT2D eigenvalue weighted by atomic mass is 10.2. The number of hydrogen-bond acceptors (Lipinski definition) is 2. The average molecular weight is 200 g/mol. The molecule has 0 unspecified atom stereocenters. The number of amides is 2. The van der Waals surface area contributed by atoms with E-state index in [2.05, 4.69) is 5.32 Å². The number of carbonyl (C=O) groups is 2. The summed E-state index contributed by atoms with van der Waals surface area (Å²) >= 11 is 0. The zero-order valence-electron chi connectivity index (χ0n) is 9.63. The van der Waals surface area contributed by atoms with E-state index < -0.39 is 0 Å². The van der Waals surface area contributed by atoms with Gasteiger partial charge in [-0.25, -0.2) is 0 Å². The third-order valence-corrected chi connectivity index (χ3v) is 1.88. The highest BCUT2D eigenvalue weighted by Crippen LogP contribution is 1.98. The smallest absolute Gasteiger partial charge is 0.226 e. The Kier molecular flexibility index (Phi) is 5.20. The van der Waals surface area contributed by atoms with E-state index in [4.69, 9.17) is 0 Å². The van der Waals surface area contributed by atoms with Crippen molar-refractivity contribution >= 4 is 11.8 Å². The lowest BCUT2D eigenvalue weighted by molar-refractivity contribution is -0.134. The van der Waals surface area contributed by atoms with E-state index in [0.29, 0.717) is 0 Å². The average Bonchev–Trinajstić information content (AvgIpc) is 2.11. The molecule has 1 N–H and O–H groups in total. The number of rotatable bonds is 4. The van der Waals surface area contributed by atoms with E-state index in [0.717, 1.165) is 0 Å². The summed E-state index contributed by atoms with van der Waals surface area (Å²) < 4.78 is 0. The van der Waals surface area contributed by atoms with Gasteiger partial charge in [0.15, 0.2) is 0 Å². The minimum Gasteiger partial charge on any atom is -0.338 e. The van der Waals surface area contributed by atoms with Gasteiger partial charge in [0.1, 0.15) is 0 Å². The maximum Gasteiger partial charge on any atom is 0.226 e. The molecule has 0 aliphatic rings. The molecule has 4 heteroatoms. The molecule has 0 bridgehead atoms. The Morgan fingerprint density at radius 1 is 1.14 bits per heavy atom. The molecule has 0 fully saturated rings. The molecule has 82 valence electrons. The molecule has 0 atom stereocenters. The fourth-order valence-corrected chi connectivity index (χ4v) is 0.919. The predicted octanol–water partition coefficient (Wildman–Crippen LogP) is 0.830. The number of hydrogen-bond donors (Lipinski definition) is 1. The molecule has 0 aliphatic carbocycles. The van der Waals surface area contributed by atoms with Crippen LogP contribution >= 0.6 is 0 Å². The minimum absolute atomic E-state index is 0.0315. The second-order valence-electron chi connectivity index (χ2n) is 4.04. The molecule has 4 nitrogen and oxygen atoms in total. The van der Waals surface area contributed by atoms with Gasteiger partial charge in [-0.3, -0.25) is 9.59 Å². The second kappa shape index (κ2) is 5.62. The molecular formula is C10H20N2O2. The summed E-state index contributed by atoms with van der Waals surface area (Å²) in [4.78, 5) is 24.1. The molecule has 14 heavy (non-hydrogen) atoms. The predicted molar refractivity (Wildman–Crippen MR) is 55.5 cm³/mol. The Morgan fingerprint density at radius 3 is 2.00 bits per heavy atom. The Bertz CT molecular complexity index is 212. The summed E-state index contributed by atoms with van der Waals surface area (Å²) in [5.41, 5.74) is 0. The first kappa shape index (κ1) is 12.9. The normalized spacial score (nSPS) is 10.5. The molecule has 0 radical (unpaired) electrons. The summed E-state index contributed by atoms with van der Waals surface area (Å²) in [5.74, 6) is -0.0732. The van der Waals surface area contributed by atoms with Crippen LogP contribution in [0.4, 0.5) is 0 Å². The van der Waals surface area contributed by atoms with Crippen molar-refractivity contribution in [1.82, 2.24) is 10.2 Å². The van der Waals surface area contributed by atoms with E-state index in [9.17, 15) is 9.59 Å². The molecule has 0 rings (SSSR count). The van der Waals surface area contributed by atoms with E-state index in [1.54, 1.807) is 7.05 Å². The molecule has 0 aromatic rings.